The second-order valence-electron chi connectivity index (χ2n) is 37.2. The van der Waals surface area contributed by atoms with Crippen molar-refractivity contribution in [3.8, 4) is 22.7 Å². The molecule has 1 aliphatic carbocycles. The fourth-order valence-corrected chi connectivity index (χ4v) is 19.6. The number of para-hydroxylation sites is 3. The predicted molar refractivity (Wildman–Crippen MR) is 586 cm³/mol. The number of H-pyrrole nitrogens is 5. The second kappa shape index (κ2) is 41.4. The average molecular weight is 1990 g/mol. The van der Waals surface area contributed by atoms with Crippen LogP contribution >= 0.6 is 0 Å². The van der Waals surface area contributed by atoms with Crippen molar-refractivity contribution in [2.45, 2.75) is 132 Å². The first-order valence-electron chi connectivity index (χ1n) is 49.2. The first-order valence-corrected chi connectivity index (χ1v) is 49.2. The van der Waals surface area contributed by atoms with Crippen molar-refractivity contribution in [2.75, 3.05) is 26.6 Å². The maximum atomic E-state index is 14.8. The number of halogens is 1. The van der Waals surface area contributed by atoms with Gasteiger partial charge in [0.25, 0.3) is 27.8 Å². The molecular weight excluding hydrogens is 1890 g/mol. The molecule has 1 aliphatic rings. The van der Waals surface area contributed by atoms with Crippen molar-refractivity contribution in [2.24, 2.45) is 0 Å². The van der Waals surface area contributed by atoms with E-state index >= 15 is 0 Å². The summed E-state index contributed by atoms with van der Waals surface area (Å²) in [4.78, 5) is 147. The summed E-state index contributed by atoms with van der Waals surface area (Å²) < 4.78 is 23.6. The first kappa shape index (κ1) is 96.8. The fourth-order valence-electron chi connectivity index (χ4n) is 19.6. The third-order valence-electron chi connectivity index (χ3n) is 27.2. The molecule has 5 atom stereocenters. The topological polar surface area (TPSA) is 442 Å². The Morgan fingerprint density at radius 1 is 0.300 bits per heavy atom. The number of nitrogens with one attached hydrogen (secondary N) is 10. The summed E-state index contributed by atoms with van der Waals surface area (Å²) in [7, 11) is 0. The third-order valence-corrected chi connectivity index (χ3v) is 27.2. The van der Waals surface area contributed by atoms with Gasteiger partial charge < -0.3 is 56.1 Å². The number of hydrogen-bond donors (Lipinski definition) is 10. The molecule has 36 heteroatoms. The number of pyridine rings is 5. The zero-order chi connectivity index (χ0) is 104. The Bertz CT molecular complexity index is 9560. The Labute approximate surface area is 855 Å². The van der Waals surface area contributed by atoms with E-state index in [1.807, 2.05) is 253 Å². The van der Waals surface area contributed by atoms with E-state index in [4.69, 9.17) is 0 Å². The maximum Gasteiger partial charge on any atom is 0.263 e. The Balaban J connectivity index is 0.000000110. The SMILES string of the molecule is CCC(Nc1ncnc2nc[nH]c12)c1cc2cccc(C)c2c(=O)n1-c1ccccc1.Cc1ccc(-n2c(C(C)Nc3ncnc4nc[nH]c34)cc3cccc(C)c3c2=O)cc1.Cc1cccc2cc(C(C)Nc3ncnc4nc[nH]c34)n(-c3ccccc3)c(=O)c12.Cc1cccc2cc(C(C)Nc3ncnc4nc[nH]c34)n(-c3ccccc3F)c(=O)c12.Cc1cccc2cc(C(C)Nc3ncnc4nc[nH]c34)n(C3CC3)c(=O)c12. The summed E-state index contributed by atoms with van der Waals surface area (Å²) in [5.74, 6) is 2.70. The number of rotatable bonds is 21. The van der Waals surface area contributed by atoms with Gasteiger partial charge in [0.2, 0.25) is 0 Å². The van der Waals surface area contributed by atoms with Crippen LogP contribution in [0, 0.1) is 47.4 Å². The molecular formula is C114H103FN30O5. The molecule has 0 spiro atoms. The zero-order valence-corrected chi connectivity index (χ0v) is 83.7. The Morgan fingerprint density at radius 3 is 0.913 bits per heavy atom. The van der Waals surface area contributed by atoms with Crippen molar-refractivity contribution in [3.05, 3.63) is 413 Å². The van der Waals surface area contributed by atoms with Gasteiger partial charge in [0.15, 0.2) is 57.3 Å². The minimum atomic E-state index is -0.469. The number of aromatic amines is 5. The second-order valence-corrected chi connectivity index (χ2v) is 37.2. The number of nitrogens with zero attached hydrogens (tertiary/aromatic N) is 20. The van der Waals surface area contributed by atoms with Crippen LogP contribution in [0.15, 0.2) is 318 Å². The van der Waals surface area contributed by atoms with Gasteiger partial charge in [-0.2, -0.15) is 0 Å². The molecule has 0 saturated heterocycles. The lowest BCUT2D eigenvalue weighted by molar-refractivity contribution is 0.611. The van der Waals surface area contributed by atoms with Crippen LogP contribution < -0.4 is 54.4 Å². The molecule has 25 rings (SSSR count). The van der Waals surface area contributed by atoms with Crippen molar-refractivity contribution in [1.82, 2.24) is 123 Å². The lowest BCUT2D eigenvalue weighted by Gasteiger charge is -2.23. The first-order chi connectivity index (χ1) is 73.0. The molecule has 9 aromatic carbocycles. The largest absolute Gasteiger partial charge is 0.360 e. The molecule has 0 aliphatic heterocycles. The molecule has 0 bridgehead atoms. The van der Waals surface area contributed by atoms with Crippen LogP contribution in [0.25, 0.3) is 132 Å². The van der Waals surface area contributed by atoms with E-state index in [0.717, 1.165) is 163 Å². The summed E-state index contributed by atoms with van der Waals surface area (Å²) in [6.45, 7) is 21.9. The van der Waals surface area contributed by atoms with Crippen LogP contribution in [0.1, 0.15) is 152 Å². The highest BCUT2D eigenvalue weighted by molar-refractivity contribution is 5.92. The molecule has 0 amide bonds. The smallest absolute Gasteiger partial charge is 0.263 e. The predicted octanol–water partition coefficient (Wildman–Crippen LogP) is 20.9. The van der Waals surface area contributed by atoms with E-state index in [-0.39, 0.29) is 63.7 Å². The normalized spacial score (nSPS) is 12.9. The fraction of sp³-hybridized carbons (Fsp3) is 0.175. The van der Waals surface area contributed by atoms with E-state index in [9.17, 15) is 28.4 Å². The van der Waals surface area contributed by atoms with Crippen LogP contribution in [0.4, 0.5) is 33.5 Å². The van der Waals surface area contributed by atoms with E-state index < -0.39 is 5.82 Å². The number of anilines is 5. The van der Waals surface area contributed by atoms with Gasteiger partial charge in [0.1, 0.15) is 65.0 Å². The summed E-state index contributed by atoms with van der Waals surface area (Å²) in [5, 5.41) is 25.3. The summed E-state index contributed by atoms with van der Waals surface area (Å²) in [6.07, 6.45) is 18.2. The van der Waals surface area contributed by atoms with Crippen molar-refractivity contribution in [1.29, 1.82) is 0 Å². The highest BCUT2D eigenvalue weighted by Crippen LogP contribution is 2.40. The maximum absolute atomic E-state index is 14.8. The number of aromatic nitrogens is 25. The van der Waals surface area contributed by atoms with Crippen LogP contribution in [-0.2, 0) is 0 Å². The van der Waals surface area contributed by atoms with Crippen molar-refractivity contribution < 1.29 is 4.39 Å². The molecule has 15 heterocycles. The Kier molecular flexibility index (Phi) is 26.7. The number of benzene rings is 9. The van der Waals surface area contributed by atoms with Crippen LogP contribution in [0.2, 0.25) is 0 Å². The standard InChI is InChI=1S/2C24H22N6O.C23H19FN6O.C23H20N6O.C20H20N6O/c1-14-7-9-18(10-8-14)30-19(11-17-6-4-5-15(2)20(17)24(30)31)16(3)29-23-21-22(26-12-25-21)27-13-28-23;1-3-18(29-23-21-22(26-13-25-21)27-14-28-23)19-12-16-9-7-8-15(2)20(16)24(31)30(19)17-10-5-4-6-11-17;1-13-6-5-7-15-10-18(14(2)29-22-20-21(26-11-25-20)27-12-28-22)30(23(31)19(13)15)17-9-4-3-8-16(17)24;1-14-7-6-8-16-11-18(29(23(30)19(14)16)17-9-4-3-5-10-17)15(2)28-22-20-21(25-12-24-20)26-13-27-22;1-11-4-3-5-13-8-15(26(14-6-7-14)20(27)16(11)13)12(2)25-19-17-18(22-9-21-17)23-10-24-19/h4-13,16H,1-3H3,(H2,25,26,27,28,29);4-14,18H,3H2,1-2H3,(H2,25,26,27,28,29);3-12,14H,1-2H3,(H2,25,26,27,28,29);3-13,15H,1-2H3,(H2,24,25,26,27,28);3-5,8-10,12,14H,6-7H2,1-2H3,(H2,21,22,23,24,25). The highest BCUT2D eigenvalue weighted by atomic mass is 19.1. The van der Waals surface area contributed by atoms with Gasteiger partial charge in [-0.3, -0.25) is 42.2 Å². The highest BCUT2D eigenvalue weighted by Gasteiger charge is 2.32. The van der Waals surface area contributed by atoms with E-state index in [1.165, 1.54) is 42.3 Å². The number of imidazole rings is 5. The molecule has 1 fully saturated rings. The molecule has 15 aromatic heterocycles. The molecule has 5 unspecified atom stereocenters. The molecule has 10 N–H and O–H groups in total. The van der Waals surface area contributed by atoms with Gasteiger partial charge in [-0.1, -0.05) is 164 Å². The molecule has 24 aromatic rings. The number of hydrogen-bond acceptors (Lipinski definition) is 25. The summed E-state index contributed by atoms with van der Waals surface area (Å²) in [6, 6.07) is 72.8. The molecule has 1 saturated carbocycles. The van der Waals surface area contributed by atoms with Gasteiger partial charge >= 0.3 is 0 Å². The van der Waals surface area contributed by atoms with Gasteiger partial charge in [-0.15, -0.1) is 0 Å². The Morgan fingerprint density at radius 2 is 0.580 bits per heavy atom. The molecule has 150 heavy (non-hydrogen) atoms. The van der Waals surface area contributed by atoms with Crippen LogP contribution in [0.5, 0.6) is 0 Å². The lowest BCUT2D eigenvalue weighted by atomic mass is 10.0. The molecule has 35 nitrogen and oxygen atoms in total. The van der Waals surface area contributed by atoms with Crippen LogP contribution in [-0.4, -0.2) is 123 Å². The zero-order valence-electron chi connectivity index (χ0n) is 83.7. The Hall–Kier alpha value is -19.3. The van der Waals surface area contributed by atoms with Crippen molar-refractivity contribution in [3.63, 3.8) is 0 Å². The molecule has 746 valence electrons. The van der Waals surface area contributed by atoms with E-state index in [0.29, 0.717) is 80.0 Å². The quantitative estimate of drug-likeness (QED) is 0.0319. The van der Waals surface area contributed by atoms with Gasteiger partial charge in [0.05, 0.1) is 94.5 Å². The van der Waals surface area contributed by atoms with Gasteiger partial charge in [-0.05, 0) is 222 Å². The van der Waals surface area contributed by atoms with Crippen LogP contribution in [0.3, 0.4) is 0 Å². The summed E-state index contributed by atoms with van der Waals surface area (Å²) in [5.41, 5.74) is 19.1. The monoisotopic (exact) mass is 1990 g/mol. The average Bonchev–Trinajstić information content (AvgIpc) is 1.11. The third kappa shape index (κ3) is 19.0. The summed E-state index contributed by atoms with van der Waals surface area (Å²) >= 11 is 0. The lowest BCUT2D eigenvalue weighted by Crippen LogP contribution is -2.27. The number of fused-ring (bicyclic) bond motifs is 10. The van der Waals surface area contributed by atoms with Gasteiger partial charge in [-0.25, -0.2) is 79.2 Å². The minimum absolute atomic E-state index is 0.0218. The van der Waals surface area contributed by atoms with Gasteiger partial charge in [0, 0.05) is 51.6 Å². The number of aryl methyl sites for hydroxylation is 6. The van der Waals surface area contributed by atoms with E-state index in [1.54, 1.807) is 59.0 Å². The van der Waals surface area contributed by atoms with E-state index in [2.05, 4.69) is 164 Å². The minimum Gasteiger partial charge on any atom is -0.360 e. The molecule has 0 radical (unpaired) electrons. The van der Waals surface area contributed by atoms with Crippen molar-refractivity contribution >= 4 is 139 Å².